The molecule has 19 heavy (non-hydrogen) atoms. The molecule has 2 rings (SSSR count). The van der Waals surface area contributed by atoms with Gasteiger partial charge in [0.05, 0.1) is 6.61 Å². The van der Waals surface area contributed by atoms with Crippen LogP contribution < -0.4 is 11.1 Å². The molecule has 0 spiro atoms. The van der Waals surface area contributed by atoms with Crippen molar-refractivity contribution in [1.29, 1.82) is 0 Å². The minimum absolute atomic E-state index is 0.0193. The molecule has 1 atom stereocenters. The van der Waals surface area contributed by atoms with Crippen LogP contribution in [-0.4, -0.2) is 41.7 Å². The van der Waals surface area contributed by atoms with Gasteiger partial charge in [0.1, 0.15) is 0 Å². The van der Waals surface area contributed by atoms with Gasteiger partial charge in [0.2, 0.25) is 5.91 Å². The van der Waals surface area contributed by atoms with E-state index in [2.05, 4.69) is 10.2 Å². The molecule has 1 aliphatic heterocycles. The lowest BCUT2D eigenvalue weighted by Crippen LogP contribution is -2.34. The Morgan fingerprint density at radius 2 is 2.37 bits per heavy atom. The zero-order valence-corrected chi connectivity index (χ0v) is 11.0. The van der Waals surface area contributed by atoms with Crippen LogP contribution in [0.1, 0.15) is 19.3 Å². The number of carbonyl (C=O) groups is 1. The second-order valence-corrected chi connectivity index (χ2v) is 4.94. The van der Waals surface area contributed by atoms with Gasteiger partial charge in [-0.3, -0.25) is 9.69 Å². The summed E-state index contributed by atoms with van der Waals surface area (Å²) >= 11 is 0. The number of carbonyl (C=O) groups excluding carboxylic acids is 1. The Balaban J connectivity index is 1.78. The number of likely N-dealkylation sites (tertiary alicyclic amines) is 1. The molecule has 0 bridgehead atoms. The Labute approximate surface area is 113 Å². The molecule has 1 amide bonds. The first-order valence-electron chi connectivity index (χ1n) is 6.69. The summed E-state index contributed by atoms with van der Waals surface area (Å²) in [7, 11) is 0. The van der Waals surface area contributed by atoms with Crippen molar-refractivity contribution < 1.29 is 9.90 Å². The topological polar surface area (TPSA) is 78.6 Å². The normalized spacial score (nSPS) is 19.5. The summed E-state index contributed by atoms with van der Waals surface area (Å²) < 4.78 is 0. The van der Waals surface area contributed by atoms with Gasteiger partial charge < -0.3 is 16.2 Å². The molecule has 5 nitrogen and oxygen atoms in total. The van der Waals surface area contributed by atoms with Crippen molar-refractivity contribution in [3.8, 4) is 0 Å². The van der Waals surface area contributed by atoms with Crippen LogP contribution in [-0.2, 0) is 4.79 Å². The number of anilines is 2. The Hall–Kier alpha value is -1.59. The second kappa shape index (κ2) is 6.54. The van der Waals surface area contributed by atoms with E-state index in [1.54, 1.807) is 12.1 Å². The Bertz CT molecular complexity index is 436. The van der Waals surface area contributed by atoms with E-state index >= 15 is 0 Å². The number of rotatable bonds is 5. The maximum Gasteiger partial charge on any atom is 0.225 e. The molecule has 0 radical (unpaired) electrons. The molecule has 1 aromatic carbocycles. The number of nitrogens with zero attached hydrogens (tertiary/aromatic N) is 1. The van der Waals surface area contributed by atoms with Gasteiger partial charge in [-0.1, -0.05) is 6.07 Å². The Kier molecular flexibility index (Phi) is 4.76. The number of nitrogen functional groups attached to an aromatic ring is 1. The fourth-order valence-corrected chi connectivity index (χ4v) is 2.48. The number of amides is 1. The number of hydrogen-bond donors (Lipinski definition) is 3. The molecule has 104 valence electrons. The van der Waals surface area contributed by atoms with E-state index in [0.717, 1.165) is 25.1 Å². The van der Waals surface area contributed by atoms with E-state index in [-0.39, 0.29) is 18.6 Å². The van der Waals surface area contributed by atoms with E-state index in [0.29, 0.717) is 18.7 Å². The zero-order chi connectivity index (χ0) is 13.7. The lowest BCUT2D eigenvalue weighted by molar-refractivity contribution is -0.116. The highest BCUT2D eigenvalue weighted by Crippen LogP contribution is 2.17. The predicted octanol–water partition coefficient (Wildman–Crippen LogP) is 1.05. The minimum atomic E-state index is -0.0193. The van der Waals surface area contributed by atoms with Gasteiger partial charge in [-0.05, 0) is 37.6 Å². The lowest BCUT2D eigenvalue weighted by Gasteiger charge is -2.22. The molecule has 1 saturated heterocycles. The highest BCUT2D eigenvalue weighted by molar-refractivity contribution is 5.91. The number of benzene rings is 1. The smallest absolute Gasteiger partial charge is 0.225 e. The van der Waals surface area contributed by atoms with E-state index in [9.17, 15) is 9.90 Å². The number of nitrogens with one attached hydrogen (secondary N) is 1. The van der Waals surface area contributed by atoms with Crippen LogP contribution >= 0.6 is 0 Å². The van der Waals surface area contributed by atoms with Gasteiger partial charge in [0, 0.05) is 30.4 Å². The summed E-state index contributed by atoms with van der Waals surface area (Å²) in [5, 5.41) is 12.0. The molecule has 0 aliphatic carbocycles. The molecule has 1 unspecified atom stereocenters. The third-order valence-electron chi connectivity index (χ3n) is 3.51. The summed E-state index contributed by atoms with van der Waals surface area (Å²) in [6, 6.07) is 7.38. The molecule has 1 fully saturated rings. The molecule has 4 N–H and O–H groups in total. The predicted molar refractivity (Wildman–Crippen MR) is 75.8 cm³/mol. The number of aliphatic hydroxyl groups is 1. The van der Waals surface area contributed by atoms with E-state index in [4.69, 9.17) is 5.73 Å². The van der Waals surface area contributed by atoms with Gasteiger partial charge in [-0.2, -0.15) is 0 Å². The fraction of sp³-hybridized carbons (Fsp3) is 0.500. The van der Waals surface area contributed by atoms with Crippen LogP contribution in [0.2, 0.25) is 0 Å². The van der Waals surface area contributed by atoms with Crippen molar-refractivity contribution >= 4 is 17.3 Å². The van der Waals surface area contributed by atoms with Crippen LogP contribution in [0.15, 0.2) is 24.3 Å². The molecular formula is C14H21N3O2. The van der Waals surface area contributed by atoms with Crippen LogP contribution in [0.4, 0.5) is 11.4 Å². The largest absolute Gasteiger partial charge is 0.399 e. The standard InChI is InChI=1S/C14H21N3O2/c15-11-3-1-4-12(9-11)16-14(19)6-8-17-7-2-5-13(17)10-18/h1,3-4,9,13,18H,2,5-8,10,15H2,(H,16,19). The van der Waals surface area contributed by atoms with Crippen molar-refractivity contribution in [2.75, 3.05) is 30.7 Å². The van der Waals surface area contributed by atoms with Crippen molar-refractivity contribution in [2.45, 2.75) is 25.3 Å². The molecule has 1 aromatic rings. The minimum Gasteiger partial charge on any atom is -0.399 e. The van der Waals surface area contributed by atoms with Crippen molar-refractivity contribution in [2.24, 2.45) is 0 Å². The van der Waals surface area contributed by atoms with Crippen LogP contribution in [0.25, 0.3) is 0 Å². The first-order valence-corrected chi connectivity index (χ1v) is 6.69. The van der Waals surface area contributed by atoms with Crippen LogP contribution in [0, 0.1) is 0 Å². The molecule has 1 aliphatic rings. The van der Waals surface area contributed by atoms with E-state index in [1.165, 1.54) is 0 Å². The van der Waals surface area contributed by atoms with Crippen molar-refractivity contribution in [3.63, 3.8) is 0 Å². The SMILES string of the molecule is Nc1cccc(NC(=O)CCN2CCCC2CO)c1. The van der Waals surface area contributed by atoms with Gasteiger partial charge in [-0.15, -0.1) is 0 Å². The summed E-state index contributed by atoms with van der Waals surface area (Å²) in [4.78, 5) is 14.0. The first-order chi connectivity index (χ1) is 9.19. The van der Waals surface area contributed by atoms with Crippen molar-refractivity contribution in [3.05, 3.63) is 24.3 Å². The summed E-state index contributed by atoms with van der Waals surface area (Å²) in [6.45, 7) is 1.84. The third kappa shape index (κ3) is 3.94. The Morgan fingerprint density at radius 1 is 1.53 bits per heavy atom. The summed E-state index contributed by atoms with van der Waals surface area (Å²) in [5.74, 6) is -0.0193. The van der Waals surface area contributed by atoms with Gasteiger partial charge in [-0.25, -0.2) is 0 Å². The van der Waals surface area contributed by atoms with Crippen LogP contribution in [0.5, 0.6) is 0 Å². The zero-order valence-electron chi connectivity index (χ0n) is 11.0. The van der Waals surface area contributed by atoms with Gasteiger partial charge in [0.15, 0.2) is 0 Å². The molecular weight excluding hydrogens is 242 g/mol. The van der Waals surface area contributed by atoms with Gasteiger partial charge >= 0.3 is 0 Å². The lowest BCUT2D eigenvalue weighted by atomic mass is 10.2. The fourth-order valence-electron chi connectivity index (χ4n) is 2.48. The highest BCUT2D eigenvalue weighted by atomic mass is 16.3. The monoisotopic (exact) mass is 263 g/mol. The number of hydrogen-bond acceptors (Lipinski definition) is 4. The maximum atomic E-state index is 11.8. The third-order valence-corrected chi connectivity index (χ3v) is 3.51. The van der Waals surface area contributed by atoms with Crippen LogP contribution in [0.3, 0.4) is 0 Å². The average molecular weight is 263 g/mol. The number of aliphatic hydroxyl groups excluding tert-OH is 1. The summed E-state index contributed by atoms with van der Waals surface area (Å²) in [6.07, 6.45) is 2.56. The van der Waals surface area contributed by atoms with E-state index in [1.807, 2.05) is 12.1 Å². The molecule has 5 heteroatoms. The van der Waals surface area contributed by atoms with Gasteiger partial charge in [0.25, 0.3) is 0 Å². The molecule has 1 heterocycles. The van der Waals surface area contributed by atoms with E-state index < -0.39 is 0 Å². The molecule has 0 saturated carbocycles. The maximum absolute atomic E-state index is 11.8. The first kappa shape index (κ1) is 13.8. The van der Waals surface area contributed by atoms with Crippen molar-refractivity contribution in [1.82, 2.24) is 4.90 Å². The highest BCUT2D eigenvalue weighted by Gasteiger charge is 2.23. The Morgan fingerprint density at radius 3 is 3.11 bits per heavy atom. The second-order valence-electron chi connectivity index (χ2n) is 4.94. The summed E-state index contributed by atoms with van der Waals surface area (Å²) in [5.41, 5.74) is 7.02. The quantitative estimate of drug-likeness (QED) is 0.694. The number of nitrogens with two attached hydrogens (primary N) is 1. The molecule has 0 aromatic heterocycles. The average Bonchev–Trinajstić information content (AvgIpc) is 2.83.